The van der Waals surface area contributed by atoms with Crippen LogP contribution in [0, 0.1) is 40.9 Å². The fourth-order valence-corrected chi connectivity index (χ4v) is 8.56. The second-order valence-corrected chi connectivity index (χ2v) is 13.5. The smallest absolute Gasteiger partial charge is 0.327 e. The molecule has 6 aliphatic carbocycles. The largest absolute Gasteiger partial charge is 0.480 e. The molecule has 0 aliphatic heterocycles. The summed E-state index contributed by atoms with van der Waals surface area (Å²) in [5.41, 5.74) is 3.28. The highest BCUT2D eigenvalue weighted by atomic mass is 32.2. The first-order valence-electron chi connectivity index (χ1n) is 13.3. The lowest BCUT2D eigenvalue weighted by Gasteiger charge is -2.55. The Bertz CT molecular complexity index is 1220. The van der Waals surface area contributed by atoms with Crippen molar-refractivity contribution in [2.75, 3.05) is 0 Å². The Morgan fingerprint density at radius 1 is 1.00 bits per heavy atom. The van der Waals surface area contributed by atoms with Gasteiger partial charge in [-0.1, -0.05) is 18.2 Å². The molecule has 1 aromatic carbocycles. The third-order valence-corrected chi connectivity index (χ3v) is 10.3. The van der Waals surface area contributed by atoms with E-state index >= 15 is 0 Å². The summed E-state index contributed by atoms with van der Waals surface area (Å²) in [4.78, 5) is 36.8. The monoisotopic (exact) mass is 567 g/mol. The predicted octanol–water partition coefficient (Wildman–Crippen LogP) is 2.95. The molecule has 0 spiro atoms. The Balaban J connectivity index is 0.000000261. The minimum absolute atomic E-state index is 0.0608. The number of benzene rings is 1. The van der Waals surface area contributed by atoms with Crippen LogP contribution in [0.5, 0.6) is 0 Å². The van der Waals surface area contributed by atoms with Crippen LogP contribution in [-0.4, -0.2) is 54.0 Å². The predicted molar refractivity (Wildman–Crippen MR) is 133 cm³/mol. The molecule has 12 heteroatoms. The second kappa shape index (κ2) is 9.81. The van der Waals surface area contributed by atoms with Crippen molar-refractivity contribution < 1.29 is 46.3 Å². The summed E-state index contributed by atoms with van der Waals surface area (Å²) < 4.78 is 54.1. The van der Waals surface area contributed by atoms with Gasteiger partial charge in [0, 0.05) is 12.8 Å². The van der Waals surface area contributed by atoms with Crippen LogP contribution >= 0.6 is 0 Å². The number of halogens is 1. The lowest BCUT2D eigenvalue weighted by Crippen LogP contribution is -2.56. The number of aliphatic carboxylic acids is 1. The zero-order valence-corrected chi connectivity index (χ0v) is 22.4. The lowest BCUT2D eigenvalue weighted by molar-refractivity contribution is -0.202. The maximum Gasteiger partial charge on any atom is 0.327 e. The standard InChI is InChI=1S/C21H28FNO6.C6H6O3S/c1-9(28-17(24)15-13-5-14(22)21(23,16(13)15)18(25)26)29-19(27)20-6-10-2-11(7-20)4-12(3-10)8-20;7-10(8,9)6-4-2-1-3-5-6/h9-16H,2-8,23H2,1H3,(H,25,26);1-5H,(H,7,8,9)/t9-,10?,11?,12?,13-,14-,15-,16-,20?,21-;/m0./s1. The van der Waals surface area contributed by atoms with Crippen molar-refractivity contribution in [1.29, 1.82) is 0 Å². The van der Waals surface area contributed by atoms with Crippen molar-refractivity contribution in [1.82, 2.24) is 0 Å². The van der Waals surface area contributed by atoms with E-state index in [4.69, 9.17) is 19.8 Å². The van der Waals surface area contributed by atoms with Gasteiger partial charge in [-0.15, -0.1) is 0 Å². The zero-order valence-electron chi connectivity index (χ0n) is 21.6. The number of hydrogen-bond donors (Lipinski definition) is 3. The molecule has 6 fully saturated rings. The Hall–Kier alpha value is -2.57. The molecule has 0 amide bonds. The van der Waals surface area contributed by atoms with Gasteiger partial charge in [0.1, 0.15) is 11.7 Å². The van der Waals surface area contributed by atoms with Crippen LogP contribution in [0.15, 0.2) is 35.2 Å². The van der Waals surface area contributed by atoms with Crippen LogP contribution < -0.4 is 5.73 Å². The number of fused-ring (bicyclic) bond motifs is 1. The maximum atomic E-state index is 14.0. The molecule has 39 heavy (non-hydrogen) atoms. The summed E-state index contributed by atoms with van der Waals surface area (Å²) >= 11 is 0. The van der Waals surface area contributed by atoms with Crippen LogP contribution in [0.25, 0.3) is 0 Å². The van der Waals surface area contributed by atoms with E-state index in [1.54, 1.807) is 18.2 Å². The number of esters is 2. The molecule has 7 rings (SSSR count). The van der Waals surface area contributed by atoms with E-state index in [1.165, 1.54) is 38.3 Å². The highest BCUT2D eigenvalue weighted by Gasteiger charge is 2.75. The summed E-state index contributed by atoms with van der Waals surface area (Å²) in [5.74, 6) is -2.53. The lowest BCUT2D eigenvalue weighted by atomic mass is 9.49. The summed E-state index contributed by atoms with van der Waals surface area (Å²) in [6, 6.07) is 7.42. The molecule has 0 radical (unpaired) electrons. The molecule has 0 heterocycles. The minimum atomic E-state index is -4.00. The summed E-state index contributed by atoms with van der Waals surface area (Å²) in [7, 11) is -4.00. The number of ether oxygens (including phenoxy) is 2. The van der Waals surface area contributed by atoms with Crippen LogP contribution in [0.2, 0.25) is 0 Å². The molecule has 0 unspecified atom stereocenters. The number of hydrogen-bond acceptors (Lipinski definition) is 8. The van der Waals surface area contributed by atoms with Crippen LogP contribution in [0.3, 0.4) is 0 Å². The molecule has 0 aromatic heterocycles. The first-order valence-corrected chi connectivity index (χ1v) is 14.8. The Morgan fingerprint density at radius 2 is 1.54 bits per heavy atom. The van der Waals surface area contributed by atoms with E-state index in [-0.39, 0.29) is 17.3 Å². The van der Waals surface area contributed by atoms with Gasteiger partial charge in [-0.25, -0.2) is 4.39 Å². The second-order valence-electron chi connectivity index (χ2n) is 12.1. The molecular weight excluding hydrogens is 533 g/mol. The number of alkyl halides is 1. The van der Waals surface area contributed by atoms with Gasteiger partial charge in [0.2, 0.25) is 6.29 Å². The van der Waals surface area contributed by atoms with E-state index in [2.05, 4.69) is 0 Å². The Morgan fingerprint density at radius 3 is 2.00 bits per heavy atom. The average molecular weight is 568 g/mol. The van der Waals surface area contributed by atoms with Gasteiger partial charge in [0.15, 0.2) is 0 Å². The van der Waals surface area contributed by atoms with Gasteiger partial charge < -0.3 is 20.3 Å². The van der Waals surface area contributed by atoms with Crippen molar-refractivity contribution in [3.63, 3.8) is 0 Å². The molecule has 10 nitrogen and oxygen atoms in total. The molecule has 6 atom stereocenters. The van der Waals surface area contributed by atoms with E-state index in [0.29, 0.717) is 17.8 Å². The van der Waals surface area contributed by atoms with Crippen molar-refractivity contribution in [3.8, 4) is 0 Å². The number of rotatable bonds is 6. The van der Waals surface area contributed by atoms with Crippen LogP contribution in [0.4, 0.5) is 4.39 Å². The van der Waals surface area contributed by atoms with Crippen LogP contribution in [-0.2, 0) is 34.0 Å². The topological polar surface area (TPSA) is 170 Å². The van der Waals surface area contributed by atoms with Gasteiger partial charge in [-0.2, -0.15) is 8.42 Å². The molecular formula is C27H34FNO9S. The molecule has 1 aromatic rings. The van der Waals surface area contributed by atoms with Gasteiger partial charge in [-0.05, 0) is 80.8 Å². The molecule has 6 aliphatic rings. The van der Waals surface area contributed by atoms with E-state index < -0.39 is 63.2 Å². The Kier molecular flexibility index (Phi) is 7.04. The van der Waals surface area contributed by atoms with Gasteiger partial charge in [-0.3, -0.25) is 18.9 Å². The van der Waals surface area contributed by atoms with Crippen LogP contribution in [0.1, 0.15) is 51.9 Å². The molecule has 214 valence electrons. The number of nitrogens with two attached hydrogens (primary N) is 1. The molecule has 6 saturated carbocycles. The van der Waals surface area contributed by atoms with Gasteiger partial charge in [0.25, 0.3) is 10.1 Å². The van der Waals surface area contributed by atoms with E-state index in [0.717, 1.165) is 19.3 Å². The number of carbonyl (C=O) groups excluding carboxylic acids is 2. The van der Waals surface area contributed by atoms with E-state index in [1.807, 2.05) is 0 Å². The van der Waals surface area contributed by atoms with Crippen molar-refractivity contribution >= 4 is 28.0 Å². The fourth-order valence-electron chi connectivity index (χ4n) is 8.05. The van der Waals surface area contributed by atoms with Gasteiger partial charge >= 0.3 is 17.9 Å². The average Bonchev–Trinajstić information content (AvgIpc) is 3.50. The van der Waals surface area contributed by atoms with E-state index in [9.17, 15) is 32.3 Å². The minimum Gasteiger partial charge on any atom is -0.480 e. The third kappa shape index (κ3) is 5.06. The first-order chi connectivity index (χ1) is 18.2. The summed E-state index contributed by atoms with van der Waals surface area (Å²) in [6.07, 6.45) is 3.42. The number of carboxylic acid groups (broad SMARTS) is 1. The highest BCUT2D eigenvalue weighted by Crippen LogP contribution is 2.63. The highest BCUT2D eigenvalue weighted by molar-refractivity contribution is 7.85. The first kappa shape index (κ1) is 28.0. The van der Waals surface area contributed by atoms with Gasteiger partial charge in [0.05, 0.1) is 16.2 Å². The molecule has 4 N–H and O–H groups in total. The van der Waals surface area contributed by atoms with Crippen molar-refractivity contribution in [3.05, 3.63) is 30.3 Å². The number of carboxylic acids is 1. The summed E-state index contributed by atoms with van der Waals surface area (Å²) in [5, 5.41) is 9.31. The Labute approximate surface area is 226 Å². The number of carbonyl (C=O) groups is 3. The fraction of sp³-hybridized carbons (Fsp3) is 0.667. The normalized spacial score (nSPS) is 40.1. The zero-order chi connectivity index (χ0) is 28.3. The third-order valence-electron chi connectivity index (χ3n) is 9.43. The van der Waals surface area contributed by atoms with Crippen molar-refractivity contribution in [2.45, 2.75) is 74.8 Å². The molecule has 4 bridgehead atoms. The van der Waals surface area contributed by atoms with Crippen molar-refractivity contribution in [2.24, 2.45) is 46.7 Å². The molecule has 0 saturated heterocycles. The SMILES string of the molecule is C[C@@H](OC(=O)[C@H]1[C@@H]2C[C@H](F)[C@@](N)(C(=O)O)[C@@H]21)OC(=O)C12CC3CC(CC(C3)C1)C2.O=S(=O)(O)c1ccccc1. The maximum absolute atomic E-state index is 14.0. The summed E-state index contributed by atoms with van der Waals surface area (Å²) in [6.45, 7) is 1.50. The quantitative estimate of drug-likeness (QED) is 0.264.